The van der Waals surface area contributed by atoms with E-state index in [-0.39, 0.29) is 0 Å². The highest BCUT2D eigenvalue weighted by atomic mass is 15.2. The first-order valence-electron chi connectivity index (χ1n) is 8.41. The second-order valence-electron chi connectivity index (χ2n) is 6.92. The third-order valence-electron chi connectivity index (χ3n) is 4.91. The van der Waals surface area contributed by atoms with E-state index in [9.17, 15) is 0 Å². The Bertz CT molecular complexity index is 448. The Morgan fingerprint density at radius 1 is 1.14 bits per heavy atom. The van der Waals surface area contributed by atoms with Gasteiger partial charge in [0, 0.05) is 25.2 Å². The van der Waals surface area contributed by atoms with Gasteiger partial charge in [0.05, 0.1) is 0 Å². The summed E-state index contributed by atoms with van der Waals surface area (Å²) in [4.78, 5) is 4.98. The molecule has 116 valence electrons. The summed E-state index contributed by atoms with van der Waals surface area (Å²) in [7, 11) is 4.51. The van der Waals surface area contributed by atoms with E-state index in [4.69, 9.17) is 0 Å². The van der Waals surface area contributed by atoms with Crippen molar-refractivity contribution in [3.05, 3.63) is 35.4 Å². The maximum absolute atomic E-state index is 3.60. The Morgan fingerprint density at radius 2 is 1.86 bits per heavy atom. The first-order valence-corrected chi connectivity index (χ1v) is 8.41. The van der Waals surface area contributed by atoms with E-state index in [1.165, 1.54) is 49.9 Å². The lowest BCUT2D eigenvalue weighted by Crippen LogP contribution is -2.41. The molecule has 1 saturated carbocycles. The molecule has 0 atom stereocenters. The minimum atomic E-state index is 0.745. The van der Waals surface area contributed by atoms with Gasteiger partial charge in [-0.15, -0.1) is 0 Å². The summed E-state index contributed by atoms with van der Waals surface area (Å²) in [6.07, 6.45) is 5.32. The normalized spacial score (nSPS) is 21.1. The van der Waals surface area contributed by atoms with E-state index in [1.807, 2.05) is 0 Å². The van der Waals surface area contributed by atoms with E-state index in [1.54, 1.807) is 0 Å². The van der Waals surface area contributed by atoms with Gasteiger partial charge in [0.1, 0.15) is 0 Å². The van der Waals surface area contributed by atoms with Crippen molar-refractivity contribution >= 4 is 0 Å². The minimum Gasteiger partial charge on any atom is -0.310 e. The minimum absolute atomic E-state index is 0.745. The first-order chi connectivity index (χ1) is 10.2. The molecule has 3 nitrogen and oxygen atoms in total. The fraction of sp³-hybridized carbons (Fsp3) is 0.667. The molecule has 0 radical (unpaired) electrons. The fourth-order valence-electron chi connectivity index (χ4n) is 3.24. The SMILES string of the molecule is CN1CCC(N(C)Cc2cccc(CNC3CC3)c2)CC1. The average Bonchev–Trinajstić information content (AvgIpc) is 3.30. The molecule has 1 aromatic rings. The Balaban J connectivity index is 1.52. The molecule has 1 saturated heterocycles. The van der Waals surface area contributed by atoms with Crippen LogP contribution in [0.4, 0.5) is 0 Å². The number of nitrogens with zero attached hydrogens (tertiary/aromatic N) is 2. The van der Waals surface area contributed by atoms with Crippen molar-refractivity contribution in [2.24, 2.45) is 0 Å². The summed E-state index contributed by atoms with van der Waals surface area (Å²) < 4.78 is 0. The van der Waals surface area contributed by atoms with Gasteiger partial charge >= 0.3 is 0 Å². The van der Waals surface area contributed by atoms with Gasteiger partial charge in [-0.2, -0.15) is 0 Å². The zero-order valence-electron chi connectivity index (χ0n) is 13.5. The van der Waals surface area contributed by atoms with Gasteiger partial charge in [-0.05, 0) is 64.0 Å². The van der Waals surface area contributed by atoms with Gasteiger partial charge < -0.3 is 10.2 Å². The Hall–Kier alpha value is -0.900. The molecule has 0 aromatic heterocycles. The third-order valence-corrected chi connectivity index (χ3v) is 4.91. The summed E-state index contributed by atoms with van der Waals surface area (Å²) in [6.45, 7) is 4.57. The van der Waals surface area contributed by atoms with Crippen LogP contribution in [0.2, 0.25) is 0 Å². The van der Waals surface area contributed by atoms with Crippen LogP contribution in [0.25, 0.3) is 0 Å². The predicted octanol–water partition coefficient (Wildman–Crippen LogP) is 2.46. The zero-order chi connectivity index (χ0) is 14.7. The van der Waals surface area contributed by atoms with E-state index >= 15 is 0 Å². The standard InChI is InChI=1S/C18H29N3/c1-20-10-8-18(9-11-20)21(2)14-16-5-3-4-15(12-16)13-19-17-6-7-17/h3-5,12,17-19H,6-11,13-14H2,1-2H3. The Morgan fingerprint density at radius 3 is 2.57 bits per heavy atom. The smallest absolute Gasteiger partial charge is 0.0233 e. The first kappa shape index (κ1) is 15.0. The molecule has 0 amide bonds. The molecule has 0 spiro atoms. The van der Waals surface area contributed by atoms with Crippen molar-refractivity contribution in [3.63, 3.8) is 0 Å². The van der Waals surface area contributed by atoms with E-state index in [0.29, 0.717) is 0 Å². The summed E-state index contributed by atoms with van der Waals surface area (Å²) in [5, 5.41) is 3.60. The predicted molar refractivity (Wildman–Crippen MR) is 88.3 cm³/mol. The third kappa shape index (κ3) is 4.53. The quantitative estimate of drug-likeness (QED) is 0.867. The fourth-order valence-corrected chi connectivity index (χ4v) is 3.24. The van der Waals surface area contributed by atoms with E-state index in [0.717, 1.165) is 25.2 Å². The Labute approximate surface area is 129 Å². The molecule has 1 heterocycles. The van der Waals surface area contributed by atoms with Crippen LogP contribution in [0.15, 0.2) is 24.3 Å². The maximum Gasteiger partial charge on any atom is 0.0233 e. The van der Waals surface area contributed by atoms with Gasteiger partial charge in [0.2, 0.25) is 0 Å². The number of benzene rings is 1. The average molecular weight is 287 g/mol. The molecule has 2 fully saturated rings. The Kier molecular flexibility index (Phi) is 4.94. The van der Waals surface area contributed by atoms with Gasteiger partial charge in [-0.1, -0.05) is 24.3 Å². The van der Waals surface area contributed by atoms with Crippen molar-refractivity contribution in [1.82, 2.24) is 15.1 Å². The van der Waals surface area contributed by atoms with Crippen LogP contribution in [0, 0.1) is 0 Å². The van der Waals surface area contributed by atoms with Crippen LogP contribution < -0.4 is 5.32 Å². The molecule has 21 heavy (non-hydrogen) atoms. The van der Waals surface area contributed by atoms with Crippen molar-refractivity contribution in [2.45, 2.75) is 50.9 Å². The van der Waals surface area contributed by atoms with Gasteiger partial charge in [-0.25, -0.2) is 0 Å². The van der Waals surface area contributed by atoms with E-state index in [2.05, 4.69) is 53.5 Å². The summed E-state index contributed by atoms with van der Waals surface area (Å²) in [6, 6.07) is 10.6. The largest absolute Gasteiger partial charge is 0.310 e. The van der Waals surface area contributed by atoms with Crippen LogP contribution in [0.5, 0.6) is 0 Å². The molecule has 1 aromatic carbocycles. The molecular formula is C18H29N3. The summed E-state index contributed by atoms with van der Waals surface area (Å²) >= 11 is 0. The number of hydrogen-bond acceptors (Lipinski definition) is 3. The molecule has 3 rings (SSSR count). The number of likely N-dealkylation sites (tertiary alicyclic amines) is 1. The number of nitrogens with one attached hydrogen (secondary N) is 1. The van der Waals surface area contributed by atoms with Gasteiger partial charge in [0.25, 0.3) is 0 Å². The van der Waals surface area contributed by atoms with Crippen molar-refractivity contribution < 1.29 is 0 Å². The molecule has 0 unspecified atom stereocenters. The second kappa shape index (κ2) is 6.91. The lowest BCUT2D eigenvalue weighted by molar-refractivity contribution is 0.139. The highest BCUT2D eigenvalue weighted by molar-refractivity contribution is 5.23. The van der Waals surface area contributed by atoms with Gasteiger partial charge in [0.15, 0.2) is 0 Å². The number of hydrogen-bond donors (Lipinski definition) is 1. The van der Waals surface area contributed by atoms with Crippen LogP contribution in [0.1, 0.15) is 36.8 Å². The molecule has 3 heteroatoms. The zero-order valence-corrected chi connectivity index (χ0v) is 13.5. The molecule has 2 aliphatic rings. The van der Waals surface area contributed by atoms with Crippen molar-refractivity contribution in [2.75, 3.05) is 27.2 Å². The second-order valence-corrected chi connectivity index (χ2v) is 6.92. The molecule has 1 N–H and O–H groups in total. The van der Waals surface area contributed by atoms with Crippen LogP contribution >= 0.6 is 0 Å². The molecule has 0 bridgehead atoms. The summed E-state index contributed by atoms with van der Waals surface area (Å²) in [5.41, 5.74) is 2.88. The van der Waals surface area contributed by atoms with Crippen LogP contribution in [-0.2, 0) is 13.1 Å². The lowest BCUT2D eigenvalue weighted by atomic mass is 10.0. The van der Waals surface area contributed by atoms with Crippen LogP contribution in [-0.4, -0.2) is 49.1 Å². The number of rotatable bonds is 6. The van der Waals surface area contributed by atoms with Gasteiger partial charge in [-0.3, -0.25) is 4.90 Å². The monoisotopic (exact) mass is 287 g/mol. The summed E-state index contributed by atoms with van der Waals surface area (Å²) in [5.74, 6) is 0. The topological polar surface area (TPSA) is 18.5 Å². The van der Waals surface area contributed by atoms with Crippen molar-refractivity contribution in [3.8, 4) is 0 Å². The maximum atomic E-state index is 3.60. The molecular weight excluding hydrogens is 258 g/mol. The van der Waals surface area contributed by atoms with Crippen molar-refractivity contribution in [1.29, 1.82) is 0 Å². The molecule has 1 aliphatic carbocycles. The van der Waals surface area contributed by atoms with E-state index < -0.39 is 0 Å². The lowest BCUT2D eigenvalue weighted by Gasteiger charge is -2.35. The number of piperidine rings is 1. The highest BCUT2D eigenvalue weighted by Crippen LogP contribution is 2.20. The van der Waals surface area contributed by atoms with Crippen LogP contribution in [0.3, 0.4) is 0 Å². The molecule has 1 aliphatic heterocycles. The highest BCUT2D eigenvalue weighted by Gasteiger charge is 2.21.